The summed E-state index contributed by atoms with van der Waals surface area (Å²) in [6, 6.07) is 26.0. The molecule has 1 atom stereocenters. The molecule has 2 N–H and O–H groups in total. The van der Waals surface area contributed by atoms with Crippen LogP contribution >= 0.6 is 0 Å². The average Bonchev–Trinajstić information content (AvgIpc) is 3.29. The molecule has 1 saturated heterocycles. The quantitative estimate of drug-likeness (QED) is 0.339. The van der Waals surface area contributed by atoms with Crippen molar-refractivity contribution in [2.24, 2.45) is 0 Å². The van der Waals surface area contributed by atoms with Gasteiger partial charge in [0.15, 0.2) is 0 Å². The zero-order chi connectivity index (χ0) is 25.1. The van der Waals surface area contributed by atoms with Crippen molar-refractivity contribution in [3.8, 4) is 11.4 Å². The first-order valence-electron chi connectivity index (χ1n) is 12.2. The van der Waals surface area contributed by atoms with Crippen molar-refractivity contribution in [2.45, 2.75) is 25.1 Å². The number of aryl methyl sites for hydroxylation is 1. The molecule has 4 nitrogen and oxygen atoms in total. The molecule has 3 aromatic carbocycles. The van der Waals surface area contributed by atoms with Gasteiger partial charge >= 0.3 is 6.18 Å². The van der Waals surface area contributed by atoms with Gasteiger partial charge in [-0.1, -0.05) is 72.8 Å². The minimum atomic E-state index is -4.41. The van der Waals surface area contributed by atoms with Crippen LogP contribution in [0.4, 0.5) is 13.2 Å². The Bertz CT molecular complexity index is 1240. The number of aromatic amines is 1. The van der Waals surface area contributed by atoms with Gasteiger partial charge in [-0.25, -0.2) is 4.98 Å². The maximum absolute atomic E-state index is 13.4. The molecule has 1 aliphatic heterocycles. The number of hydrogen-bond donors (Lipinski definition) is 2. The zero-order valence-corrected chi connectivity index (χ0v) is 20.1. The van der Waals surface area contributed by atoms with E-state index >= 15 is 0 Å². The van der Waals surface area contributed by atoms with Gasteiger partial charge in [0.25, 0.3) is 0 Å². The van der Waals surface area contributed by atoms with Crippen LogP contribution < -0.4 is 5.32 Å². The van der Waals surface area contributed by atoms with Gasteiger partial charge in [-0.2, -0.15) is 13.2 Å². The van der Waals surface area contributed by atoms with E-state index in [1.54, 1.807) is 6.07 Å². The van der Waals surface area contributed by atoms with Crippen molar-refractivity contribution >= 4 is 0 Å². The lowest BCUT2D eigenvalue weighted by Gasteiger charge is -2.39. The molecule has 1 unspecified atom stereocenters. The summed E-state index contributed by atoms with van der Waals surface area (Å²) in [6.07, 6.45) is -4.41. The van der Waals surface area contributed by atoms with Crippen molar-refractivity contribution in [1.82, 2.24) is 20.2 Å². The van der Waals surface area contributed by atoms with Crippen LogP contribution in [0.3, 0.4) is 0 Å². The van der Waals surface area contributed by atoms with Gasteiger partial charge < -0.3 is 10.3 Å². The fraction of sp³-hybridized carbons (Fsp3) is 0.276. The van der Waals surface area contributed by atoms with Crippen LogP contribution in [-0.4, -0.2) is 41.0 Å². The Morgan fingerprint density at radius 1 is 0.833 bits per heavy atom. The molecular weight excluding hydrogens is 461 g/mol. The zero-order valence-electron chi connectivity index (χ0n) is 20.1. The highest BCUT2D eigenvalue weighted by Gasteiger charge is 2.36. The van der Waals surface area contributed by atoms with Crippen LogP contribution in [-0.2, 0) is 6.18 Å². The average molecular weight is 491 g/mol. The van der Waals surface area contributed by atoms with Gasteiger partial charge in [-0.15, -0.1) is 0 Å². The summed E-state index contributed by atoms with van der Waals surface area (Å²) in [6.45, 7) is 5.41. The van der Waals surface area contributed by atoms with Gasteiger partial charge in [0.2, 0.25) is 0 Å². The van der Waals surface area contributed by atoms with Crippen LogP contribution in [0.25, 0.3) is 11.4 Å². The Labute approximate surface area is 209 Å². The largest absolute Gasteiger partial charge is 0.416 e. The van der Waals surface area contributed by atoms with Gasteiger partial charge in [0, 0.05) is 43.4 Å². The molecule has 1 aromatic heterocycles. The molecule has 1 fully saturated rings. The highest BCUT2D eigenvalue weighted by Crippen LogP contribution is 2.42. The SMILES string of the molecule is Cc1[nH]c(-c2cccc(C(F)(F)F)c2)nc1C(C(c1ccccc1)c1ccccc1)N1CCNCC1. The van der Waals surface area contributed by atoms with E-state index in [1.807, 2.05) is 43.3 Å². The number of alkyl halides is 3. The molecule has 186 valence electrons. The van der Waals surface area contributed by atoms with Crippen molar-refractivity contribution in [3.05, 3.63) is 113 Å². The molecule has 4 aromatic rings. The molecular formula is C29H29F3N4. The van der Waals surface area contributed by atoms with Crippen molar-refractivity contribution in [2.75, 3.05) is 26.2 Å². The molecule has 5 rings (SSSR count). The van der Waals surface area contributed by atoms with E-state index in [0.29, 0.717) is 11.4 Å². The number of imidazole rings is 1. The third-order valence-corrected chi connectivity index (χ3v) is 6.84. The smallest absolute Gasteiger partial charge is 0.342 e. The second kappa shape index (κ2) is 10.3. The van der Waals surface area contributed by atoms with Crippen LogP contribution in [0.1, 0.15) is 40.0 Å². The normalized spacial score (nSPS) is 15.8. The maximum atomic E-state index is 13.4. The molecule has 0 bridgehead atoms. The van der Waals surface area contributed by atoms with Crippen LogP contribution in [0.2, 0.25) is 0 Å². The molecule has 7 heteroatoms. The summed E-state index contributed by atoms with van der Waals surface area (Å²) in [5.74, 6) is 0.454. The first-order valence-corrected chi connectivity index (χ1v) is 12.2. The predicted octanol–water partition coefficient (Wildman–Crippen LogP) is 6.18. The molecule has 0 radical (unpaired) electrons. The fourth-order valence-corrected chi connectivity index (χ4v) is 5.12. The van der Waals surface area contributed by atoms with Gasteiger partial charge in [-0.3, -0.25) is 4.90 Å². The lowest BCUT2D eigenvalue weighted by Crippen LogP contribution is -2.47. The van der Waals surface area contributed by atoms with Crippen LogP contribution in [0, 0.1) is 6.92 Å². The van der Waals surface area contributed by atoms with Crippen molar-refractivity contribution < 1.29 is 13.2 Å². The monoisotopic (exact) mass is 490 g/mol. The lowest BCUT2D eigenvalue weighted by atomic mass is 9.82. The second-order valence-corrected chi connectivity index (χ2v) is 9.20. The molecule has 0 amide bonds. The van der Waals surface area contributed by atoms with E-state index in [9.17, 15) is 13.2 Å². The number of halogens is 3. The Kier molecular flexibility index (Phi) is 6.94. The Balaban J connectivity index is 1.64. The predicted molar refractivity (Wildman–Crippen MR) is 136 cm³/mol. The maximum Gasteiger partial charge on any atom is 0.416 e. The number of nitrogens with one attached hydrogen (secondary N) is 2. The standard InChI is InChI=1S/C29H29F3N4/c1-20-26(35-28(34-20)23-13-8-14-24(19-23)29(30,31)32)27(36-17-15-33-16-18-36)25(21-9-4-2-5-10-21)22-11-6-3-7-12-22/h2-14,19,25,27,33H,15-18H2,1H3,(H,34,35). The number of H-pyrrole nitrogens is 1. The topological polar surface area (TPSA) is 44.0 Å². The summed E-state index contributed by atoms with van der Waals surface area (Å²) >= 11 is 0. The summed E-state index contributed by atoms with van der Waals surface area (Å²) in [4.78, 5) is 10.7. The first kappa shape index (κ1) is 24.3. The number of benzene rings is 3. The molecule has 36 heavy (non-hydrogen) atoms. The number of piperazine rings is 1. The minimum absolute atomic E-state index is 0.00172. The summed E-state index contributed by atoms with van der Waals surface area (Å²) < 4.78 is 40.1. The van der Waals surface area contributed by atoms with E-state index in [1.165, 1.54) is 17.2 Å². The Hall–Kier alpha value is -3.42. The third-order valence-electron chi connectivity index (χ3n) is 6.84. The van der Waals surface area contributed by atoms with E-state index < -0.39 is 11.7 Å². The first-order chi connectivity index (χ1) is 17.4. The molecule has 0 spiro atoms. The minimum Gasteiger partial charge on any atom is -0.342 e. The molecule has 2 heterocycles. The van der Waals surface area contributed by atoms with Gasteiger partial charge in [0.1, 0.15) is 5.82 Å². The highest BCUT2D eigenvalue weighted by molar-refractivity contribution is 5.58. The van der Waals surface area contributed by atoms with Gasteiger partial charge in [-0.05, 0) is 30.2 Å². The third kappa shape index (κ3) is 5.08. The lowest BCUT2D eigenvalue weighted by molar-refractivity contribution is -0.137. The Morgan fingerprint density at radius 2 is 1.44 bits per heavy atom. The van der Waals surface area contributed by atoms with E-state index in [4.69, 9.17) is 4.98 Å². The van der Waals surface area contributed by atoms with Crippen LogP contribution in [0.15, 0.2) is 84.9 Å². The number of aromatic nitrogens is 2. The number of nitrogens with zero attached hydrogens (tertiary/aromatic N) is 2. The second-order valence-electron chi connectivity index (χ2n) is 9.20. The Morgan fingerprint density at radius 3 is 2.03 bits per heavy atom. The molecule has 1 aliphatic rings. The number of rotatable bonds is 6. The summed E-state index contributed by atoms with van der Waals surface area (Å²) in [5, 5.41) is 3.43. The molecule has 0 aliphatic carbocycles. The van der Waals surface area contributed by atoms with E-state index in [-0.39, 0.29) is 12.0 Å². The van der Waals surface area contributed by atoms with E-state index in [0.717, 1.165) is 49.7 Å². The van der Waals surface area contributed by atoms with Gasteiger partial charge in [0.05, 0.1) is 17.3 Å². The van der Waals surface area contributed by atoms with Crippen molar-refractivity contribution in [3.63, 3.8) is 0 Å². The summed E-state index contributed by atoms with van der Waals surface area (Å²) in [7, 11) is 0. The molecule has 0 saturated carbocycles. The summed E-state index contributed by atoms with van der Waals surface area (Å²) in [5.41, 5.74) is 3.82. The van der Waals surface area contributed by atoms with Crippen molar-refractivity contribution in [1.29, 1.82) is 0 Å². The number of hydrogen-bond acceptors (Lipinski definition) is 3. The highest BCUT2D eigenvalue weighted by atomic mass is 19.4. The fourth-order valence-electron chi connectivity index (χ4n) is 5.12. The van der Waals surface area contributed by atoms with E-state index in [2.05, 4.69) is 39.5 Å². The van der Waals surface area contributed by atoms with Crippen LogP contribution in [0.5, 0.6) is 0 Å².